The lowest BCUT2D eigenvalue weighted by molar-refractivity contribution is -0.118. The van der Waals surface area contributed by atoms with Gasteiger partial charge in [-0.3, -0.25) is 14.2 Å². The molecule has 0 saturated carbocycles. The summed E-state index contributed by atoms with van der Waals surface area (Å²) < 4.78 is 19.6. The van der Waals surface area contributed by atoms with Gasteiger partial charge in [-0.05, 0) is 36.2 Å². The minimum Gasteiger partial charge on any atom is -0.385 e. The highest BCUT2D eigenvalue weighted by Gasteiger charge is 2.13. The first-order valence-electron chi connectivity index (χ1n) is 9.21. The van der Waals surface area contributed by atoms with Crippen LogP contribution in [0.4, 0.5) is 4.39 Å². The van der Waals surface area contributed by atoms with Crippen LogP contribution in [0.3, 0.4) is 0 Å². The first-order valence-corrected chi connectivity index (χ1v) is 10.2. The molecular weight excluding hydrogens is 393 g/mol. The highest BCUT2D eigenvalue weighted by Crippen LogP contribution is 2.18. The van der Waals surface area contributed by atoms with E-state index in [0.717, 1.165) is 5.56 Å². The fraction of sp³-hybridized carbons (Fsp3) is 0.286. The quantitative estimate of drug-likeness (QED) is 0.330. The first-order chi connectivity index (χ1) is 14.1. The van der Waals surface area contributed by atoms with Crippen molar-refractivity contribution in [2.24, 2.45) is 0 Å². The number of carbonyl (C=O) groups is 1. The van der Waals surface area contributed by atoms with Gasteiger partial charge in [0.1, 0.15) is 5.82 Å². The van der Waals surface area contributed by atoms with E-state index in [9.17, 15) is 14.0 Å². The molecule has 1 N–H and O–H groups in total. The number of amides is 1. The van der Waals surface area contributed by atoms with Gasteiger partial charge in [0, 0.05) is 26.8 Å². The highest BCUT2D eigenvalue weighted by atomic mass is 32.2. The maximum Gasteiger partial charge on any atom is 0.262 e. The van der Waals surface area contributed by atoms with Crippen LogP contribution >= 0.6 is 11.8 Å². The first kappa shape index (κ1) is 21.0. The van der Waals surface area contributed by atoms with Crippen LogP contribution in [0.5, 0.6) is 0 Å². The molecule has 0 saturated heterocycles. The Bertz CT molecular complexity index is 1040. The predicted octanol–water partition coefficient (Wildman–Crippen LogP) is 2.98. The summed E-state index contributed by atoms with van der Waals surface area (Å²) in [4.78, 5) is 29.7. The van der Waals surface area contributed by atoms with Gasteiger partial charge < -0.3 is 10.1 Å². The monoisotopic (exact) mass is 415 g/mol. The second kappa shape index (κ2) is 10.2. The molecule has 1 amide bonds. The Balaban J connectivity index is 1.70. The van der Waals surface area contributed by atoms with Crippen molar-refractivity contribution < 1.29 is 13.9 Å². The van der Waals surface area contributed by atoms with Gasteiger partial charge in [-0.25, -0.2) is 9.37 Å². The number of benzene rings is 2. The summed E-state index contributed by atoms with van der Waals surface area (Å²) in [6.45, 7) is 1.30. The average Bonchev–Trinajstić information content (AvgIpc) is 2.73. The molecule has 0 fully saturated rings. The van der Waals surface area contributed by atoms with Gasteiger partial charge in [0.15, 0.2) is 5.16 Å². The van der Waals surface area contributed by atoms with Gasteiger partial charge in [-0.1, -0.05) is 36.0 Å². The van der Waals surface area contributed by atoms with Crippen molar-refractivity contribution in [3.8, 4) is 0 Å². The Hall–Kier alpha value is -2.71. The van der Waals surface area contributed by atoms with Crippen LogP contribution in [0, 0.1) is 5.82 Å². The van der Waals surface area contributed by atoms with Gasteiger partial charge >= 0.3 is 0 Å². The van der Waals surface area contributed by atoms with Crippen LogP contribution in [-0.4, -0.2) is 34.9 Å². The largest absolute Gasteiger partial charge is 0.385 e. The fourth-order valence-corrected chi connectivity index (χ4v) is 3.66. The number of thioether (sulfide) groups is 1. The van der Waals surface area contributed by atoms with E-state index >= 15 is 0 Å². The minimum atomic E-state index is -0.315. The number of rotatable bonds is 9. The predicted molar refractivity (Wildman–Crippen MR) is 111 cm³/mol. The second-order valence-electron chi connectivity index (χ2n) is 6.41. The molecule has 3 aromatic rings. The topological polar surface area (TPSA) is 73.2 Å². The zero-order valence-electron chi connectivity index (χ0n) is 16.1. The van der Waals surface area contributed by atoms with E-state index in [-0.39, 0.29) is 23.0 Å². The third-order valence-electron chi connectivity index (χ3n) is 4.29. The average molecular weight is 415 g/mol. The molecule has 152 valence electrons. The summed E-state index contributed by atoms with van der Waals surface area (Å²) in [6, 6.07) is 13.1. The summed E-state index contributed by atoms with van der Waals surface area (Å²) in [6.07, 6.45) is 0.667. The van der Waals surface area contributed by atoms with Crippen LogP contribution in [0.25, 0.3) is 10.9 Å². The molecule has 0 spiro atoms. The van der Waals surface area contributed by atoms with Crippen molar-refractivity contribution in [2.75, 3.05) is 19.5 Å². The molecule has 3 rings (SSSR count). The Labute approximate surface area is 172 Å². The van der Waals surface area contributed by atoms with E-state index in [1.54, 1.807) is 42.0 Å². The molecule has 0 bridgehead atoms. The number of hydrogen-bond acceptors (Lipinski definition) is 5. The number of carbonyl (C=O) groups excluding carboxylic acids is 1. The van der Waals surface area contributed by atoms with Crippen LogP contribution < -0.4 is 10.9 Å². The molecule has 1 aromatic heterocycles. The highest BCUT2D eigenvalue weighted by molar-refractivity contribution is 7.99. The Kier molecular flexibility index (Phi) is 7.37. The molecule has 0 atom stereocenters. The Morgan fingerprint density at radius 1 is 1.21 bits per heavy atom. The number of fused-ring (bicyclic) bond motifs is 1. The second-order valence-corrected chi connectivity index (χ2v) is 7.35. The fourth-order valence-electron chi connectivity index (χ4n) is 2.81. The number of aromatic nitrogens is 2. The molecule has 0 unspecified atom stereocenters. The van der Waals surface area contributed by atoms with Gasteiger partial charge in [0.2, 0.25) is 5.91 Å². The molecule has 0 radical (unpaired) electrons. The molecule has 29 heavy (non-hydrogen) atoms. The third-order valence-corrected chi connectivity index (χ3v) is 5.27. The summed E-state index contributed by atoms with van der Waals surface area (Å²) >= 11 is 1.22. The van der Waals surface area contributed by atoms with Crippen molar-refractivity contribution in [3.05, 3.63) is 70.3 Å². The zero-order chi connectivity index (χ0) is 20.6. The number of nitrogens with one attached hydrogen (secondary N) is 1. The lowest BCUT2D eigenvalue weighted by atomic mass is 10.2. The van der Waals surface area contributed by atoms with Crippen molar-refractivity contribution in [2.45, 2.75) is 24.7 Å². The van der Waals surface area contributed by atoms with Gasteiger partial charge in [0.25, 0.3) is 5.56 Å². The van der Waals surface area contributed by atoms with Crippen LogP contribution in [0.2, 0.25) is 0 Å². The molecule has 0 aliphatic heterocycles. The van der Waals surface area contributed by atoms with Crippen molar-refractivity contribution in [1.29, 1.82) is 0 Å². The number of methoxy groups -OCH3 is 1. The van der Waals surface area contributed by atoms with Gasteiger partial charge in [-0.2, -0.15) is 0 Å². The third kappa shape index (κ3) is 5.65. The number of nitrogens with zero attached hydrogens (tertiary/aromatic N) is 2. The number of halogens is 1. The van der Waals surface area contributed by atoms with E-state index in [1.165, 1.54) is 23.9 Å². The van der Waals surface area contributed by atoms with E-state index in [1.807, 2.05) is 6.07 Å². The molecule has 0 aliphatic rings. The maximum atomic E-state index is 13.0. The summed E-state index contributed by atoms with van der Waals surface area (Å²) in [5.41, 5.74) is 1.29. The summed E-state index contributed by atoms with van der Waals surface area (Å²) in [5, 5.41) is 3.85. The number of ether oxygens (including phenoxy) is 1. The standard InChI is InChI=1S/C21H22FN3O3S/c1-28-12-4-11-25-20(27)17-5-2-3-6-18(17)24-21(25)29-14-19(26)23-13-15-7-9-16(22)10-8-15/h2-3,5-10H,4,11-14H2,1H3,(H,23,26). The molecule has 0 aliphatic carbocycles. The lowest BCUT2D eigenvalue weighted by Gasteiger charge is -2.13. The van der Waals surface area contributed by atoms with E-state index < -0.39 is 0 Å². The Morgan fingerprint density at radius 2 is 1.97 bits per heavy atom. The molecule has 1 heterocycles. The van der Waals surface area contributed by atoms with E-state index in [0.29, 0.717) is 42.2 Å². The minimum absolute atomic E-state index is 0.121. The van der Waals surface area contributed by atoms with Gasteiger partial charge in [0.05, 0.1) is 16.7 Å². The van der Waals surface area contributed by atoms with Gasteiger partial charge in [-0.15, -0.1) is 0 Å². The summed E-state index contributed by atoms with van der Waals surface area (Å²) in [5.74, 6) is -0.384. The maximum absolute atomic E-state index is 13.0. The van der Waals surface area contributed by atoms with Crippen LogP contribution in [0.15, 0.2) is 58.5 Å². The smallest absolute Gasteiger partial charge is 0.262 e. The molecule has 2 aromatic carbocycles. The lowest BCUT2D eigenvalue weighted by Crippen LogP contribution is -2.27. The molecule has 8 heteroatoms. The van der Waals surface area contributed by atoms with Crippen molar-refractivity contribution in [3.63, 3.8) is 0 Å². The van der Waals surface area contributed by atoms with E-state index in [4.69, 9.17) is 4.74 Å². The normalized spacial score (nSPS) is 11.0. The zero-order valence-corrected chi connectivity index (χ0v) is 16.9. The molecular formula is C21H22FN3O3S. The van der Waals surface area contributed by atoms with Crippen LogP contribution in [0.1, 0.15) is 12.0 Å². The number of hydrogen-bond donors (Lipinski definition) is 1. The van der Waals surface area contributed by atoms with Crippen molar-refractivity contribution >= 4 is 28.6 Å². The van der Waals surface area contributed by atoms with Crippen molar-refractivity contribution in [1.82, 2.24) is 14.9 Å². The summed E-state index contributed by atoms with van der Waals surface area (Å²) in [7, 11) is 1.61. The SMILES string of the molecule is COCCCn1c(SCC(=O)NCc2ccc(F)cc2)nc2ccccc2c1=O. The van der Waals surface area contributed by atoms with Crippen LogP contribution in [-0.2, 0) is 22.6 Å². The molecule has 6 nitrogen and oxygen atoms in total. The van der Waals surface area contributed by atoms with E-state index in [2.05, 4.69) is 10.3 Å². The number of para-hydroxylation sites is 1. The Morgan fingerprint density at radius 3 is 2.72 bits per heavy atom.